The van der Waals surface area contributed by atoms with Crippen LogP contribution in [0.25, 0.3) is 0 Å². The normalized spacial score (nSPS) is 10.9. The van der Waals surface area contributed by atoms with Crippen LogP contribution in [0.2, 0.25) is 0 Å². The molecule has 0 saturated carbocycles. The van der Waals surface area contributed by atoms with Crippen LogP contribution in [-0.4, -0.2) is 14.4 Å². The molecule has 0 radical (unpaired) electrons. The molecule has 3 N–H and O–H groups in total. The molecule has 0 aliphatic rings. The minimum absolute atomic E-state index is 0.0279. The van der Waals surface area contributed by atoms with Crippen LogP contribution in [0, 0.1) is 11.6 Å². The summed E-state index contributed by atoms with van der Waals surface area (Å²) in [6, 6.07) is 16.7. The lowest BCUT2D eigenvalue weighted by atomic mass is 10.3. The maximum atomic E-state index is 13.8. The molecule has 3 aromatic rings. The zero-order chi connectivity index (χ0) is 20.1. The second-order valence-corrected chi connectivity index (χ2v) is 7.30. The lowest BCUT2D eigenvalue weighted by Crippen LogP contribution is -2.20. The van der Waals surface area contributed by atoms with Gasteiger partial charge < -0.3 is 10.6 Å². The predicted molar refractivity (Wildman–Crippen MR) is 103 cm³/mol. The van der Waals surface area contributed by atoms with Crippen LogP contribution >= 0.6 is 0 Å². The minimum atomic E-state index is -4.50. The van der Waals surface area contributed by atoms with Gasteiger partial charge in [0.25, 0.3) is 10.0 Å². The van der Waals surface area contributed by atoms with Gasteiger partial charge in [-0.15, -0.1) is 0 Å². The lowest BCUT2D eigenvalue weighted by Gasteiger charge is -2.12. The first-order valence-electron chi connectivity index (χ1n) is 8.05. The molecule has 28 heavy (non-hydrogen) atoms. The van der Waals surface area contributed by atoms with E-state index in [1.165, 1.54) is 24.3 Å². The van der Waals surface area contributed by atoms with E-state index in [2.05, 4.69) is 15.4 Å². The highest BCUT2D eigenvalue weighted by molar-refractivity contribution is 7.92. The van der Waals surface area contributed by atoms with E-state index >= 15 is 0 Å². The van der Waals surface area contributed by atoms with E-state index < -0.39 is 32.6 Å². The number of para-hydroxylation sites is 1. The van der Waals surface area contributed by atoms with Gasteiger partial charge in [-0.25, -0.2) is 22.0 Å². The number of halogens is 2. The zero-order valence-electron chi connectivity index (χ0n) is 14.3. The Morgan fingerprint density at radius 1 is 0.714 bits per heavy atom. The molecule has 0 aromatic heterocycles. The number of benzene rings is 3. The first kappa shape index (κ1) is 19.3. The van der Waals surface area contributed by atoms with Crippen LogP contribution in [0.1, 0.15) is 0 Å². The molecule has 3 aromatic carbocycles. The highest BCUT2D eigenvalue weighted by Gasteiger charge is 2.24. The SMILES string of the molecule is O=C(Nc1ccccc1)Nc1cccc(NS(=O)(=O)c2c(F)cccc2F)c1. The molecule has 2 amide bonds. The van der Waals surface area contributed by atoms with Crippen LogP contribution in [0.5, 0.6) is 0 Å². The van der Waals surface area contributed by atoms with Crippen molar-refractivity contribution in [2.45, 2.75) is 4.90 Å². The Kier molecular flexibility index (Phi) is 5.55. The highest BCUT2D eigenvalue weighted by atomic mass is 32.2. The Labute approximate surface area is 160 Å². The van der Waals surface area contributed by atoms with Gasteiger partial charge in [0.15, 0.2) is 4.90 Å². The molecule has 0 unspecified atom stereocenters. The topological polar surface area (TPSA) is 87.3 Å². The average Bonchev–Trinajstić information content (AvgIpc) is 2.62. The van der Waals surface area contributed by atoms with Crippen molar-refractivity contribution in [2.24, 2.45) is 0 Å². The van der Waals surface area contributed by atoms with Gasteiger partial charge in [-0.2, -0.15) is 0 Å². The molecule has 0 spiro atoms. The second-order valence-electron chi connectivity index (χ2n) is 5.68. The summed E-state index contributed by atoms with van der Waals surface area (Å²) < 4.78 is 54.3. The van der Waals surface area contributed by atoms with Crippen molar-refractivity contribution in [2.75, 3.05) is 15.4 Å². The zero-order valence-corrected chi connectivity index (χ0v) is 15.1. The Balaban J connectivity index is 1.75. The summed E-state index contributed by atoms with van der Waals surface area (Å²) in [5.41, 5.74) is 0.884. The smallest absolute Gasteiger partial charge is 0.308 e. The van der Waals surface area contributed by atoms with E-state index in [9.17, 15) is 22.0 Å². The maximum Gasteiger partial charge on any atom is 0.323 e. The summed E-state index contributed by atoms with van der Waals surface area (Å²) in [5.74, 6) is -2.41. The fraction of sp³-hybridized carbons (Fsp3) is 0. The van der Waals surface area contributed by atoms with Gasteiger partial charge in [0, 0.05) is 11.4 Å². The van der Waals surface area contributed by atoms with Crippen LogP contribution < -0.4 is 15.4 Å². The summed E-state index contributed by atoms with van der Waals surface area (Å²) in [4.78, 5) is 11.0. The van der Waals surface area contributed by atoms with Crippen molar-refractivity contribution in [3.05, 3.63) is 84.4 Å². The fourth-order valence-electron chi connectivity index (χ4n) is 2.42. The molecule has 9 heteroatoms. The summed E-state index contributed by atoms with van der Waals surface area (Å²) in [7, 11) is -4.50. The number of hydrogen-bond acceptors (Lipinski definition) is 3. The van der Waals surface area contributed by atoms with E-state index in [0.717, 1.165) is 18.2 Å². The summed E-state index contributed by atoms with van der Waals surface area (Å²) >= 11 is 0. The molecular formula is C19H15F2N3O3S. The van der Waals surface area contributed by atoms with Crippen molar-refractivity contribution in [1.82, 2.24) is 0 Å². The monoisotopic (exact) mass is 403 g/mol. The van der Waals surface area contributed by atoms with E-state index in [1.54, 1.807) is 30.3 Å². The Morgan fingerprint density at radius 2 is 1.25 bits per heavy atom. The first-order valence-corrected chi connectivity index (χ1v) is 9.53. The van der Waals surface area contributed by atoms with Crippen molar-refractivity contribution in [3.63, 3.8) is 0 Å². The molecule has 0 fully saturated rings. The quantitative estimate of drug-likeness (QED) is 0.590. The van der Waals surface area contributed by atoms with Gasteiger partial charge in [-0.1, -0.05) is 30.3 Å². The van der Waals surface area contributed by atoms with Crippen LogP contribution in [0.15, 0.2) is 77.7 Å². The number of amides is 2. The van der Waals surface area contributed by atoms with Crippen molar-refractivity contribution >= 4 is 33.1 Å². The second kappa shape index (κ2) is 8.05. The molecule has 0 bridgehead atoms. The van der Waals surface area contributed by atoms with Crippen LogP contribution in [-0.2, 0) is 10.0 Å². The number of urea groups is 1. The van der Waals surface area contributed by atoms with E-state index in [1.807, 2.05) is 0 Å². The van der Waals surface area contributed by atoms with E-state index in [4.69, 9.17) is 0 Å². The molecule has 6 nitrogen and oxygen atoms in total. The van der Waals surface area contributed by atoms with Gasteiger partial charge in [0.05, 0.1) is 5.69 Å². The van der Waals surface area contributed by atoms with Crippen molar-refractivity contribution in [3.8, 4) is 0 Å². The Bertz CT molecular complexity index is 1090. The summed E-state index contributed by atoms with van der Waals surface area (Å²) in [6.45, 7) is 0. The third-order valence-electron chi connectivity index (χ3n) is 3.59. The number of rotatable bonds is 5. The number of nitrogens with one attached hydrogen (secondary N) is 3. The number of carbonyl (C=O) groups is 1. The van der Waals surface area contributed by atoms with Gasteiger partial charge in [0.2, 0.25) is 0 Å². The van der Waals surface area contributed by atoms with Crippen molar-refractivity contribution < 1.29 is 22.0 Å². The molecular weight excluding hydrogens is 388 g/mol. The molecule has 0 aliphatic heterocycles. The highest BCUT2D eigenvalue weighted by Crippen LogP contribution is 2.23. The van der Waals surface area contributed by atoms with E-state index in [-0.39, 0.29) is 11.4 Å². The van der Waals surface area contributed by atoms with Gasteiger partial charge in [-0.05, 0) is 42.5 Å². The first-order chi connectivity index (χ1) is 13.3. The third kappa shape index (κ3) is 4.63. The number of carbonyl (C=O) groups excluding carboxylic acids is 1. The molecule has 3 rings (SSSR count). The fourth-order valence-corrected chi connectivity index (χ4v) is 3.61. The van der Waals surface area contributed by atoms with Gasteiger partial charge >= 0.3 is 6.03 Å². The van der Waals surface area contributed by atoms with Gasteiger partial charge in [0.1, 0.15) is 11.6 Å². The molecule has 144 valence electrons. The van der Waals surface area contributed by atoms with Gasteiger partial charge in [-0.3, -0.25) is 4.72 Å². The average molecular weight is 403 g/mol. The lowest BCUT2D eigenvalue weighted by molar-refractivity contribution is 0.262. The molecule has 0 atom stereocenters. The number of hydrogen-bond donors (Lipinski definition) is 3. The Morgan fingerprint density at radius 3 is 1.93 bits per heavy atom. The van der Waals surface area contributed by atoms with E-state index in [0.29, 0.717) is 5.69 Å². The maximum absolute atomic E-state index is 13.8. The minimum Gasteiger partial charge on any atom is -0.308 e. The third-order valence-corrected chi connectivity index (χ3v) is 5.02. The van der Waals surface area contributed by atoms with Crippen LogP contribution in [0.4, 0.5) is 30.6 Å². The predicted octanol–water partition coefficient (Wildman–Crippen LogP) is 4.41. The molecule has 0 saturated heterocycles. The Hall–Kier alpha value is -3.46. The largest absolute Gasteiger partial charge is 0.323 e. The number of anilines is 3. The number of sulfonamides is 1. The molecule has 0 heterocycles. The van der Waals surface area contributed by atoms with Crippen molar-refractivity contribution in [1.29, 1.82) is 0 Å². The standard InChI is InChI=1S/C19H15F2N3O3S/c20-16-10-5-11-17(21)18(16)28(26,27)24-15-9-4-8-14(12-15)23-19(25)22-13-6-2-1-3-7-13/h1-12,24H,(H2,22,23,25). The summed E-state index contributed by atoms with van der Waals surface area (Å²) in [5, 5.41) is 5.16. The summed E-state index contributed by atoms with van der Waals surface area (Å²) in [6.07, 6.45) is 0. The van der Waals surface area contributed by atoms with Crippen LogP contribution in [0.3, 0.4) is 0 Å². The molecule has 0 aliphatic carbocycles.